The molecule has 34 heavy (non-hydrogen) atoms. The van der Waals surface area contributed by atoms with E-state index in [4.69, 9.17) is 23.7 Å². The van der Waals surface area contributed by atoms with Crippen molar-refractivity contribution in [1.29, 1.82) is 0 Å². The van der Waals surface area contributed by atoms with Gasteiger partial charge in [-0.1, -0.05) is 18.2 Å². The number of ether oxygens (including phenoxy) is 5. The largest absolute Gasteiger partial charge is 0.461 e. The SMILES string of the molecule is C[C@]12C[C@]3(O)OC(O1)[C@@]1(COC(=O)c4ccccc4)C3CC12O[C@H]1O[C@@H](CO)[C@H](O)[C@@H](O)[C@@H]1O. The summed E-state index contributed by atoms with van der Waals surface area (Å²) in [7, 11) is 0. The first-order valence-electron chi connectivity index (χ1n) is 11.4. The highest BCUT2D eigenvalue weighted by Gasteiger charge is 2.94. The molecule has 1 aromatic rings. The van der Waals surface area contributed by atoms with Gasteiger partial charge in [-0.05, 0) is 25.5 Å². The van der Waals surface area contributed by atoms with Crippen molar-refractivity contribution in [1.82, 2.24) is 0 Å². The molecule has 3 aliphatic carbocycles. The number of esters is 1. The molecular weight excluding hydrogens is 452 g/mol. The molecule has 11 nitrogen and oxygen atoms in total. The maximum absolute atomic E-state index is 12.7. The fraction of sp³-hybridized carbons (Fsp3) is 0.696. The van der Waals surface area contributed by atoms with E-state index in [0.717, 1.165) is 0 Å². The van der Waals surface area contributed by atoms with Gasteiger partial charge in [0.1, 0.15) is 42.2 Å². The number of benzene rings is 1. The van der Waals surface area contributed by atoms with Crippen LogP contribution in [0.4, 0.5) is 0 Å². The lowest BCUT2D eigenvalue weighted by Gasteiger charge is -2.67. The van der Waals surface area contributed by atoms with E-state index >= 15 is 0 Å². The third kappa shape index (κ3) is 2.59. The van der Waals surface area contributed by atoms with Crippen molar-refractivity contribution in [3.63, 3.8) is 0 Å². The number of hydrogen-bond donors (Lipinski definition) is 5. The summed E-state index contributed by atoms with van der Waals surface area (Å²) in [6.45, 7) is 0.985. The molecule has 1 aromatic carbocycles. The van der Waals surface area contributed by atoms with Gasteiger partial charge in [-0.15, -0.1) is 0 Å². The lowest BCUT2D eigenvalue weighted by molar-refractivity contribution is -0.424. The van der Waals surface area contributed by atoms with E-state index in [1.165, 1.54) is 0 Å². The van der Waals surface area contributed by atoms with Crippen LogP contribution in [0.25, 0.3) is 0 Å². The second-order valence-corrected chi connectivity index (χ2v) is 10.2. The van der Waals surface area contributed by atoms with Crippen molar-refractivity contribution in [2.75, 3.05) is 13.2 Å². The van der Waals surface area contributed by atoms with Crippen LogP contribution in [0.15, 0.2) is 30.3 Å². The zero-order chi connectivity index (χ0) is 24.1. The average molecular weight is 480 g/mol. The molecule has 11 atom stereocenters. The molecule has 6 bridgehead atoms. The van der Waals surface area contributed by atoms with E-state index in [0.29, 0.717) is 5.56 Å². The van der Waals surface area contributed by atoms with Crippen molar-refractivity contribution in [2.24, 2.45) is 11.3 Å². The van der Waals surface area contributed by atoms with Crippen molar-refractivity contribution in [3.8, 4) is 0 Å². The molecule has 11 heteroatoms. The van der Waals surface area contributed by atoms with Crippen molar-refractivity contribution in [3.05, 3.63) is 35.9 Å². The summed E-state index contributed by atoms with van der Waals surface area (Å²) in [6, 6.07) is 8.47. The predicted molar refractivity (Wildman–Crippen MR) is 109 cm³/mol. The molecule has 0 amide bonds. The van der Waals surface area contributed by atoms with Crippen LogP contribution in [0.3, 0.4) is 0 Å². The lowest BCUT2D eigenvalue weighted by atomic mass is 9.41. The molecule has 3 unspecified atom stereocenters. The number of carbonyl (C=O) groups excluding carboxylic acids is 1. The fourth-order valence-corrected chi connectivity index (χ4v) is 6.87. The zero-order valence-electron chi connectivity index (χ0n) is 18.4. The maximum atomic E-state index is 12.7. The van der Waals surface area contributed by atoms with E-state index < -0.39 is 77.9 Å². The lowest BCUT2D eigenvalue weighted by Crippen LogP contribution is -2.80. The van der Waals surface area contributed by atoms with Gasteiger partial charge in [-0.3, -0.25) is 0 Å². The summed E-state index contributed by atoms with van der Waals surface area (Å²) >= 11 is 0. The Hall–Kier alpha value is -1.67. The number of rotatable bonds is 6. The van der Waals surface area contributed by atoms with Gasteiger partial charge in [-0.25, -0.2) is 4.79 Å². The van der Waals surface area contributed by atoms with Crippen molar-refractivity contribution in [2.45, 2.75) is 73.8 Å². The highest BCUT2D eigenvalue weighted by atomic mass is 16.8. The third-order valence-electron chi connectivity index (χ3n) is 8.57. The molecule has 0 aromatic heterocycles. The van der Waals surface area contributed by atoms with Crippen LogP contribution in [-0.2, 0) is 23.7 Å². The Morgan fingerprint density at radius 1 is 1.12 bits per heavy atom. The summed E-state index contributed by atoms with van der Waals surface area (Å²) in [6.07, 6.45) is -7.87. The van der Waals surface area contributed by atoms with Crippen LogP contribution in [-0.4, -0.2) is 98.7 Å². The molecule has 5 N–H and O–H groups in total. The Kier molecular flexibility index (Phi) is 4.81. The Morgan fingerprint density at radius 2 is 1.85 bits per heavy atom. The molecule has 4 aliphatic heterocycles. The van der Waals surface area contributed by atoms with E-state index in [-0.39, 0.29) is 19.4 Å². The van der Waals surface area contributed by atoms with Gasteiger partial charge in [0.25, 0.3) is 0 Å². The normalized spacial score (nSPS) is 52.5. The van der Waals surface area contributed by atoms with Crippen LogP contribution < -0.4 is 0 Å². The highest BCUT2D eigenvalue weighted by molar-refractivity contribution is 5.89. The van der Waals surface area contributed by atoms with Crippen molar-refractivity contribution < 1.29 is 54.0 Å². The van der Waals surface area contributed by atoms with E-state index in [1.807, 2.05) is 0 Å². The summed E-state index contributed by atoms with van der Waals surface area (Å²) in [5, 5.41) is 51.7. The minimum atomic E-state index is -1.61. The number of aliphatic hydroxyl groups excluding tert-OH is 4. The highest BCUT2D eigenvalue weighted by Crippen LogP contribution is 2.81. The molecule has 7 aliphatic rings. The quantitative estimate of drug-likeness (QED) is 0.306. The first-order chi connectivity index (χ1) is 16.1. The van der Waals surface area contributed by atoms with E-state index in [2.05, 4.69) is 0 Å². The second-order valence-electron chi connectivity index (χ2n) is 10.2. The molecule has 0 radical (unpaired) electrons. The van der Waals surface area contributed by atoms with Gasteiger partial charge in [0.15, 0.2) is 18.4 Å². The summed E-state index contributed by atoms with van der Waals surface area (Å²) in [4.78, 5) is 12.7. The van der Waals surface area contributed by atoms with Gasteiger partial charge >= 0.3 is 5.97 Å². The average Bonchev–Trinajstić information content (AvgIpc) is 3.00. The topological polar surface area (TPSA) is 164 Å². The first-order valence-corrected chi connectivity index (χ1v) is 11.4. The minimum Gasteiger partial charge on any atom is -0.461 e. The minimum absolute atomic E-state index is 0.0902. The van der Waals surface area contributed by atoms with Crippen molar-refractivity contribution >= 4 is 5.97 Å². The number of carbonyl (C=O) groups is 1. The van der Waals surface area contributed by atoms with Crippen LogP contribution in [0.5, 0.6) is 0 Å². The Balaban J connectivity index is 1.32. The fourth-order valence-electron chi connectivity index (χ4n) is 6.87. The summed E-state index contributed by atoms with van der Waals surface area (Å²) < 4.78 is 29.7. The van der Waals surface area contributed by atoms with Gasteiger partial charge in [0, 0.05) is 12.3 Å². The standard InChI is InChI=1S/C23H28O11/c1-20-9-22(29)13-7-23(20,32-18-16(27)15(26)14(25)12(8-24)31-18)21(13,19(33-20)34-22)10-30-17(28)11-5-3-2-4-6-11/h2-6,12-16,18-19,24-27,29H,7-10H2,1H3/t12-,13?,14-,15+,16-,18+,19?,20+,21+,22-,23?/m0/s1. The Morgan fingerprint density at radius 3 is 2.56 bits per heavy atom. The van der Waals surface area contributed by atoms with Crippen LogP contribution >= 0.6 is 0 Å². The van der Waals surface area contributed by atoms with Crippen LogP contribution in [0.2, 0.25) is 0 Å². The summed E-state index contributed by atoms with van der Waals surface area (Å²) in [5.41, 5.74) is -2.99. The van der Waals surface area contributed by atoms with Crippen LogP contribution in [0, 0.1) is 11.3 Å². The summed E-state index contributed by atoms with van der Waals surface area (Å²) in [5.74, 6) is -2.49. The molecular formula is C23H28O11. The predicted octanol–water partition coefficient (Wildman–Crippen LogP) is -1.36. The van der Waals surface area contributed by atoms with Gasteiger partial charge in [0.05, 0.1) is 17.6 Å². The van der Waals surface area contributed by atoms with E-state index in [9.17, 15) is 30.3 Å². The second kappa shape index (κ2) is 7.19. The van der Waals surface area contributed by atoms with Gasteiger partial charge < -0.3 is 49.2 Å². The third-order valence-corrected chi connectivity index (χ3v) is 8.57. The van der Waals surface area contributed by atoms with Gasteiger partial charge in [0.2, 0.25) is 0 Å². The molecule has 186 valence electrons. The number of aliphatic hydroxyl groups is 5. The monoisotopic (exact) mass is 480 g/mol. The molecule has 8 rings (SSSR count). The van der Waals surface area contributed by atoms with Crippen LogP contribution in [0.1, 0.15) is 30.1 Å². The maximum Gasteiger partial charge on any atom is 0.338 e. The van der Waals surface area contributed by atoms with Gasteiger partial charge in [-0.2, -0.15) is 0 Å². The molecule has 7 fully saturated rings. The van der Waals surface area contributed by atoms with E-state index in [1.54, 1.807) is 37.3 Å². The molecule has 4 heterocycles. The number of hydrogen-bond acceptors (Lipinski definition) is 11. The first kappa shape index (κ1) is 22.8. The molecule has 4 saturated heterocycles. The Bertz CT molecular complexity index is 988. The molecule has 3 saturated carbocycles. The molecule has 0 spiro atoms. The smallest absolute Gasteiger partial charge is 0.338 e. The Labute approximate surface area is 194 Å². The zero-order valence-corrected chi connectivity index (χ0v) is 18.4.